The molecule has 1 saturated heterocycles. The summed E-state index contributed by atoms with van der Waals surface area (Å²) in [5, 5.41) is 12.3. The zero-order chi connectivity index (χ0) is 29.1. The molecule has 8 atom stereocenters. The van der Waals surface area contributed by atoms with Crippen molar-refractivity contribution in [2.75, 3.05) is 5.75 Å². The number of carbonyl (C=O) groups is 2. The van der Waals surface area contributed by atoms with Gasteiger partial charge in [-0.1, -0.05) is 42.5 Å². The number of carbonyl (C=O) groups excluding carboxylic acids is 2. The third kappa shape index (κ3) is 3.31. The van der Waals surface area contributed by atoms with Gasteiger partial charge in [0.05, 0.1) is 18.0 Å². The zero-order valence-electron chi connectivity index (χ0n) is 23.9. The fourth-order valence-corrected chi connectivity index (χ4v) is 10.7. The molecule has 7 nitrogen and oxygen atoms in total. The Morgan fingerprint density at radius 3 is 2.76 bits per heavy atom. The van der Waals surface area contributed by atoms with Gasteiger partial charge in [-0.15, -0.1) is 0 Å². The molecule has 6 aliphatic rings. The van der Waals surface area contributed by atoms with Crippen LogP contribution in [-0.2, 0) is 19.1 Å². The quantitative estimate of drug-likeness (QED) is 0.438. The van der Waals surface area contributed by atoms with Gasteiger partial charge >= 0.3 is 0 Å². The summed E-state index contributed by atoms with van der Waals surface area (Å²) in [4.78, 5) is 31.3. The van der Waals surface area contributed by atoms with E-state index in [1.54, 1.807) is 12.2 Å². The maximum Gasteiger partial charge on any atom is 0.257 e. The lowest BCUT2D eigenvalue weighted by Gasteiger charge is -2.62. The van der Waals surface area contributed by atoms with Gasteiger partial charge in [0.25, 0.3) is 5.22 Å². The van der Waals surface area contributed by atoms with Gasteiger partial charge in [0, 0.05) is 29.6 Å². The Labute approximate surface area is 248 Å². The van der Waals surface area contributed by atoms with Crippen molar-refractivity contribution in [2.45, 2.75) is 99.7 Å². The molecule has 0 amide bonds. The number of rotatable bonds is 4. The minimum absolute atomic E-state index is 0.0715. The average Bonchev–Trinajstić information content (AvgIpc) is 3.72. The normalized spacial score (nSPS) is 43.2. The van der Waals surface area contributed by atoms with Crippen molar-refractivity contribution in [1.82, 2.24) is 4.98 Å². The summed E-state index contributed by atoms with van der Waals surface area (Å²) < 4.78 is 37.3. The molecule has 2 heterocycles. The van der Waals surface area contributed by atoms with E-state index in [2.05, 4.69) is 4.98 Å². The monoisotopic (exact) mass is 593 g/mol. The molecule has 1 N–H and O–H groups in total. The second kappa shape index (κ2) is 8.87. The molecule has 222 valence electrons. The van der Waals surface area contributed by atoms with Gasteiger partial charge in [0.1, 0.15) is 5.52 Å². The highest BCUT2D eigenvalue weighted by Crippen LogP contribution is 2.73. The summed E-state index contributed by atoms with van der Waals surface area (Å²) >= 11 is 1.24. The first kappa shape index (κ1) is 27.2. The summed E-state index contributed by atoms with van der Waals surface area (Å²) in [6.45, 7) is 3.84. The standard InChI is InChI=1S/C33H36FNO6S/c1-29-14-11-20(36)15-19(29)9-10-21-22-16-27-33(41-31(40-27)12-5-6-13-31,30(22,2)17-25(37)32(21,29)34)26(38)18-42-28-35-23-7-3-4-8-24(23)39-28/h3-4,7-8,11,14-15,21-22,25,27,37H,5-6,9-10,12-13,16-18H2,1-2H3/t21?,22?,25-,27+,29?,30?,32-,33+/m0/s1. The van der Waals surface area contributed by atoms with Crippen molar-refractivity contribution in [3.8, 4) is 0 Å². The number of fused-ring (bicyclic) bond motifs is 8. The van der Waals surface area contributed by atoms with E-state index in [0.717, 1.165) is 36.8 Å². The van der Waals surface area contributed by atoms with Crippen LogP contribution in [0.3, 0.4) is 0 Å². The third-order valence-corrected chi connectivity index (χ3v) is 12.7. The van der Waals surface area contributed by atoms with Crippen molar-refractivity contribution < 1.29 is 33.0 Å². The lowest BCUT2D eigenvalue weighted by Crippen LogP contribution is -2.70. The molecule has 5 fully saturated rings. The number of aliphatic hydroxyl groups excluding tert-OH is 1. The van der Waals surface area contributed by atoms with Gasteiger partial charge in [-0.25, -0.2) is 9.37 Å². The SMILES string of the molecule is CC12C[C@H](O)[C@@]3(F)C(CCC4=CC(=O)C=CC43C)C1C[C@H]1OC3(CCCC3)O[C@]12C(=O)CSc1nc2ccccc2o1. The molecule has 4 unspecified atom stereocenters. The number of aliphatic hydroxyl groups is 1. The summed E-state index contributed by atoms with van der Waals surface area (Å²) in [6, 6.07) is 7.49. The van der Waals surface area contributed by atoms with E-state index in [1.165, 1.54) is 17.8 Å². The number of oxazole rings is 1. The molecule has 1 aromatic heterocycles. The number of halogens is 1. The average molecular weight is 594 g/mol. The van der Waals surface area contributed by atoms with Gasteiger partial charge in [-0.3, -0.25) is 9.59 Å². The zero-order valence-corrected chi connectivity index (χ0v) is 24.8. The van der Waals surface area contributed by atoms with Crippen LogP contribution in [0.5, 0.6) is 0 Å². The van der Waals surface area contributed by atoms with Gasteiger partial charge in [0.15, 0.2) is 34.2 Å². The van der Waals surface area contributed by atoms with E-state index in [0.29, 0.717) is 30.1 Å². The molecule has 1 spiro atoms. The van der Waals surface area contributed by atoms with Crippen LogP contribution in [0.15, 0.2) is 57.7 Å². The van der Waals surface area contributed by atoms with Crippen LogP contribution in [0, 0.1) is 22.7 Å². The number of alkyl halides is 1. The fraction of sp³-hybridized carbons (Fsp3) is 0.606. The van der Waals surface area contributed by atoms with Gasteiger partial charge in [-0.05, 0) is 75.7 Å². The molecule has 9 heteroatoms. The number of Topliss-reactive ketones (excluding diaryl/α,β-unsaturated/α-hetero) is 1. The topological polar surface area (TPSA) is 98.9 Å². The van der Waals surface area contributed by atoms with Crippen molar-refractivity contribution >= 4 is 34.4 Å². The van der Waals surface area contributed by atoms with E-state index in [-0.39, 0.29) is 29.7 Å². The smallest absolute Gasteiger partial charge is 0.257 e. The molecule has 2 aromatic rings. The number of benzene rings is 1. The maximum absolute atomic E-state index is 17.7. The van der Waals surface area contributed by atoms with Crippen LogP contribution in [0.25, 0.3) is 11.1 Å². The molecular formula is C33H36FNO6S. The van der Waals surface area contributed by atoms with Crippen molar-refractivity contribution in [3.05, 3.63) is 48.1 Å². The number of para-hydroxylation sites is 2. The highest BCUT2D eigenvalue weighted by atomic mass is 32.2. The lowest BCUT2D eigenvalue weighted by atomic mass is 9.44. The largest absolute Gasteiger partial charge is 0.431 e. The van der Waals surface area contributed by atoms with Crippen LogP contribution in [0.1, 0.15) is 65.2 Å². The molecule has 8 rings (SSSR count). The first-order chi connectivity index (χ1) is 20.0. The van der Waals surface area contributed by atoms with Gasteiger partial charge in [0.2, 0.25) is 0 Å². The van der Waals surface area contributed by atoms with E-state index < -0.39 is 46.0 Å². The number of hydrogen-bond acceptors (Lipinski definition) is 8. The van der Waals surface area contributed by atoms with Gasteiger partial charge in [-0.2, -0.15) is 0 Å². The number of nitrogens with zero attached hydrogens (tertiary/aromatic N) is 1. The number of ether oxygens (including phenoxy) is 2. The van der Waals surface area contributed by atoms with E-state index in [1.807, 2.05) is 38.1 Å². The summed E-state index contributed by atoms with van der Waals surface area (Å²) in [5.41, 5.74) is -3.07. The van der Waals surface area contributed by atoms with Crippen LogP contribution in [0.2, 0.25) is 0 Å². The second-order valence-electron chi connectivity index (χ2n) is 13.7. The number of allylic oxidation sites excluding steroid dienone is 4. The first-order valence-electron chi connectivity index (χ1n) is 15.3. The molecule has 1 aromatic carbocycles. The highest BCUT2D eigenvalue weighted by Gasteiger charge is 2.80. The fourth-order valence-electron chi connectivity index (χ4n) is 9.91. The van der Waals surface area contributed by atoms with Crippen LogP contribution in [-0.4, -0.2) is 56.7 Å². The second-order valence-corrected chi connectivity index (χ2v) is 14.6. The summed E-state index contributed by atoms with van der Waals surface area (Å²) in [5.74, 6) is -1.75. The first-order valence-corrected chi connectivity index (χ1v) is 16.2. The molecule has 1 aliphatic heterocycles. The Morgan fingerprint density at radius 1 is 1.19 bits per heavy atom. The minimum atomic E-state index is -1.97. The maximum atomic E-state index is 17.7. The minimum Gasteiger partial charge on any atom is -0.431 e. The van der Waals surface area contributed by atoms with Crippen LogP contribution < -0.4 is 0 Å². The number of aromatic nitrogens is 1. The number of hydrogen-bond donors (Lipinski definition) is 1. The van der Waals surface area contributed by atoms with Crippen molar-refractivity contribution in [3.63, 3.8) is 0 Å². The Balaban J connectivity index is 1.17. The van der Waals surface area contributed by atoms with E-state index in [9.17, 15) is 14.7 Å². The molecular weight excluding hydrogens is 557 g/mol. The number of ketones is 2. The van der Waals surface area contributed by atoms with E-state index >= 15 is 4.39 Å². The third-order valence-electron chi connectivity index (χ3n) is 11.9. The summed E-state index contributed by atoms with van der Waals surface area (Å²) in [7, 11) is 0. The Bertz CT molecular complexity index is 1530. The predicted molar refractivity (Wildman–Crippen MR) is 153 cm³/mol. The van der Waals surface area contributed by atoms with E-state index in [4.69, 9.17) is 13.9 Å². The molecule has 0 bridgehead atoms. The Morgan fingerprint density at radius 2 is 1.98 bits per heavy atom. The molecule has 4 saturated carbocycles. The Kier molecular flexibility index (Phi) is 5.75. The summed E-state index contributed by atoms with van der Waals surface area (Å²) in [6.07, 6.45) is 7.80. The van der Waals surface area contributed by atoms with Crippen molar-refractivity contribution in [1.29, 1.82) is 0 Å². The molecule has 0 radical (unpaired) electrons. The highest BCUT2D eigenvalue weighted by molar-refractivity contribution is 7.99. The van der Waals surface area contributed by atoms with Gasteiger partial charge < -0.3 is 19.0 Å². The van der Waals surface area contributed by atoms with Crippen LogP contribution >= 0.6 is 11.8 Å². The lowest BCUT2D eigenvalue weighted by molar-refractivity contribution is -0.252. The van der Waals surface area contributed by atoms with Crippen LogP contribution in [0.4, 0.5) is 4.39 Å². The molecule has 5 aliphatic carbocycles. The Hall–Kier alpha value is -2.33. The van der Waals surface area contributed by atoms with Crippen molar-refractivity contribution in [2.24, 2.45) is 22.7 Å². The number of thioether (sulfide) groups is 1. The predicted octanol–water partition coefficient (Wildman–Crippen LogP) is 5.89. The molecule has 42 heavy (non-hydrogen) atoms.